The molecule has 0 aromatic carbocycles. The zero-order valence-corrected chi connectivity index (χ0v) is 10.8. The monoisotopic (exact) mass is 251 g/mol. The second-order valence-electron chi connectivity index (χ2n) is 5.33. The summed E-state index contributed by atoms with van der Waals surface area (Å²) in [5, 5.41) is 4.07. The largest absolute Gasteiger partial charge is 0.374 e. The van der Waals surface area contributed by atoms with Crippen LogP contribution in [0.1, 0.15) is 18.7 Å². The number of morpholine rings is 1. The maximum absolute atomic E-state index is 6.26. The van der Waals surface area contributed by atoms with E-state index in [9.17, 15) is 0 Å². The van der Waals surface area contributed by atoms with Gasteiger partial charge in [0.05, 0.1) is 12.7 Å². The molecular formula is C12H21N5O. The van der Waals surface area contributed by atoms with Crippen molar-refractivity contribution in [1.29, 1.82) is 0 Å². The van der Waals surface area contributed by atoms with Gasteiger partial charge in [0.15, 0.2) is 0 Å². The fourth-order valence-corrected chi connectivity index (χ4v) is 2.95. The van der Waals surface area contributed by atoms with Crippen LogP contribution in [-0.4, -0.2) is 57.5 Å². The average molecular weight is 251 g/mol. The molecule has 6 heteroatoms. The van der Waals surface area contributed by atoms with Crippen LogP contribution in [0.15, 0.2) is 6.33 Å². The predicted octanol–water partition coefficient (Wildman–Crippen LogP) is -0.452. The SMILES string of the molecule is Cn1ncnc1CC(N)C1CN2CCCC2CO1. The predicted molar refractivity (Wildman–Crippen MR) is 67.0 cm³/mol. The Morgan fingerprint density at radius 3 is 3.28 bits per heavy atom. The number of aryl methyl sites for hydroxylation is 1. The molecule has 0 amide bonds. The third-order valence-electron chi connectivity index (χ3n) is 4.12. The minimum absolute atomic E-state index is 0.00514. The molecule has 3 heterocycles. The van der Waals surface area contributed by atoms with Crippen molar-refractivity contribution < 1.29 is 4.74 Å². The Morgan fingerprint density at radius 1 is 1.61 bits per heavy atom. The molecule has 3 unspecified atom stereocenters. The van der Waals surface area contributed by atoms with Crippen LogP contribution >= 0.6 is 0 Å². The molecule has 2 aliphatic rings. The lowest BCUT2D eigenvalue weighted by Crippen LogP contribution is -2.53. The molecule has 1 aromatic heterocycles. The third-order valence-corrected chi connectivity index (χ3v) is 4.12. The molecule has 100 valence electrons. The molecule has 2 N–H and O–H groups in total. The normalized spacial score (nSPS) is 30.3. The number of rotatable bonds is 3. The molecule has 0 bridgehead atoms. The molecule has 2 fully saturated rings. The van der Waals surface area contributed by atoms with E-state index in [1.54, 1.807) is 11.0 Å². The average Bonchev–Trinajstić information content (AvgIpc) is 2.98. The Kier molecular flexibility index (Phi) is 3.32. The van der Waals surface area contributed by atoms with Gasteiger partial charge in [0, 0.05) is 32.1 Å². The van der Waals surface area contributed by atoms with Gasteiger partial charge in [-0.15, -0.1) is 0 Å². The highest BCUT2D eigenvalue weighted by Crippen LogP contribution is 2.23. The molecule has 6 nitrogen and oxygen atoms in total. The van der Waals surface area contributed by atoms with Crippen LogP contribution < -0.4 is 5.73 Å². The highest BCUT2D eigenvalue weighted by atomic mass is 16.5. The van der Waals surface area contributed by atoms with Crippen LogP contribution in [0.25, 0.3) is 0 Å². The minimum atomic E-state index is -0.00514. The number of nitrogens with zero attached hydrogens (tertiary/aromatic N) is 4. The molecule has 0 aliphatic carbocycles. The summed E-state index contributed by atoms with van der Waals surface area (Å²) in [4.78, 5) is 6.74. The zero-order valence-electron chi connectivity index (χ0n) is 10.8. The first-order valence-electron chi connectivity index (χ1n) is 6.68. The second kappa shape index (κ2) is 4.95. The summed E-state index contributed by atoms with van der Waals surface area (Å²) in [5.41, 5.74) is 6.26. The van der Waals surface area contributed by atoms with Crippen molar-refractivity contribution >= 4 is 0 Å². The fourth-order valence-electron chi connectivity index (χ4n) is 2.95. The van der Waals surface area contributed by atoms with E-state index in [0.29, 0.717) is 6.04 Å². The van der Waals surface area contributed by atoms with E-state index in [-0.39, 0.29) is 12.1 Å². The van der Waals surface area contributed by atoms with Crippen molar-refractivity contribution in [2.75, 3.05) is 19.7 Å². The van der Waals surface area contributed by atoms with Crippen LogP contribution in [0.3, 0.4) is 0 Å². The maximum Gasteiger partial charge on any atom is 0.138 e. The molecule has 2 saturated heterocycles. The van der Waals surface area contributed by atoms with E-state index in [2.05, 4.69) is 15.0 Å². The van der Waals surface area contributed by atoms with Gasteiger partial charge < -0.3 is 10.5 Å². The maximum atomic E-state index is 6.26. The van der Waals surface area contributed by atoms with Crippen molar-refractivity contribution in [3.05, 3.63) is 12.2 Å². The first-order chi connectivity index (χ1) is 8.74. The topological polar surface area (TPSA) is 69.2 Å². The number of aromatic nitrogens is 3. The highest BCUT2D eigenvalue weighted by Gasteiger charge is 2.34. The van der Waals surface area contributed by atoms with E-state index in [1.807, 2.05) is 7.05 Å². The first-order valence-corrected chi connectivity index (χ1v) is 6.68. The van der Waals surface area contributed by atoms with Gasteiger partial charge in [0.25, 0.3) is 0 Å². The van der Waals surface area contributed by atoms with Gasteiger partial charge in [-0.25, -0.2) is 4.98 Å². The smallest absolute Gasteiger partial charge is 0.138 e. The van der Waals surface area contributed by atoms with Crippen LogP contribution in [-0.2, 0) is 18.2 Å². The quantitative estimate of drug-likeness (QED) is 0.788. The standard InChI is InChI=1S/C12H21N5O/c1-16-12(14-8-15-16)5-10(13)11-6-17-4-2-3-9(17)7-18-11/h8-11H,2-7,13H2,1H3. The van der Waals surface area contributed by atoms with Crippen molar-refractivity contribution in [3.63, 3.8) is 0 Å². The minimum Gasteiger partial charge on any atom is -0.374 e. The molecule has 0 radical (unpaired) electrons. The van der Waals surface area contributed by atoms with Crippen LogP contribution in [0.4, 0.5) is 0 Å². The number of fused-ring (bicyclic) bond motifs is 1. The molecule has 1 aromatic rings. The van der Waals surface area contributed by atoms with Gasteiger partial charge in [-0.05, 0) is 19.4 Å². The lowest BCUT2D eigenvalue weighted by molar-refractivity contribution is -0.0592. The van der Waals surface area contributed by atoms with Gasteiger partial charge in [-0.2, -0.15) is 5.10 Å². The van der Waals surface area contributed by atoms with E-state index in [0.717, 1.165) is 25.4 Å². The molecule has 0 saturated carbocycles. The van der Waals surface area contributed by atoms with E-state index in [4.69, 9.17) is 10.5 Å². The molecule has 3 atom stereocenters. The van der Waals surface area contributed by atoms with Crippen molar-refractivity contribution in [1.82, 2.24) is 19.7 Å². The lowest BCUT2D eigenvalue weighted by Gasteiger charge is -2.37. The summed E-state index contributed by atoms with van der Waals surface area (Å²) in [7, 11) is 1.90. The summed E-state index contributed by atoms with van der Waals surface area (Å²) >= 11 is 0. The zero-order chi connectivity index (χ0) is 12.5. The van der Waals surface area contributed by atoms with Crippen molar-refractivity contribution in [3.8, 4) is 0 Å². The number of hydrogen-bond acceptors (Lipinski definition) is 5. The van der Waals surface area contributed by atoms with Crippen LogP contribution in [0, 0.1) is 0 Å². The second-order valence-corrected chi connectivity index (χ2v) is 5.33. The fraction of sp³-hybridized carbons (Fsp3) is 0.833. The van der Waals surface area contributed by atoms with Gasteiger partial charge in [-0.1, -0.05) is 0 Å². The van der Waals surface area contributed by atoms with Crippen LogP contribution in [0.5, 0.6) is 0 Å². The molecular weight excluding hydrogens is 230 g/mol. The third kappa shape index (κ3) is 2.28. The highest BCUT2D eigenvalue weighted by molar-refractivity contribution is 4.94. The summed E-state index contributed by atoms with van der Waals surface area (Å²) < 4.78 is 7.70. The Balaban J connectivity index is 1.59. The first kappa shape index (κ1) is 12.1. The molecule has 2 aliphatic heterocycles. The summed E-state index contributed by atoms with van der Waals surface area (Å²) in [6.45, 7) is 2.99. The van der Waals surface area contributed by atoms with Crippen LogP contribution in [0.2, 0.25) is 0 Å². The number of hydrogen-bond donors (Lipinski definition) is 1. The van der Waals surface area contributed by atoms with Gasteiger partial charge in [0.2, 0.25) is 0 Å². The van der Waals surface area contributed by atoms with Gasteiger partial charge in [0.1, 0.15) is 12.2 Å². The lowest BCUT2D eigenvalue weighted by atomic mass is 10.0. The van der Waals surface area contributed by atoms with E-state index < -0.39 is 0 Å². The van der Waals surface area contributed by atoms with E-state index >= 15 is 0 Å². The van der Waals surface area contributed by atoms with Gasteiger partial charge >= 0.3 is 0 Å². The van der Waals surface area contributed by atoms with Crippen molar-refractivity contribution in [2.45, 2.75) is 37.5 Å². The van der Waals surface area contributed by atoms with Crippen molar-refractivity contribution in [2.24, 2.45) is 12.8 Å². The number of ether oxygens (including phenoxy) is 1. The Morgan fingerprint density at radius 2 is 2.50 bits per heavy atom. The summed E-state index contributed by atoms with van der Waals surface area (Å²) in [6.07, 6.45) is 4.97. The summed E-state index contributed by atoms with van der Waals surface area (Å²) in [5.74, 6) is 0.926. The number of nitrogens with two attached hydrogens (primary N) is 1. The Hall–Kier alpha value is -0.980. The molecule has 0 spiro atoms. The molecule has 18 heavy (non-hydrogen) atoms. The Labute approximate surface area is 107 Å². The molecule has 3 rings (SSSR count). The Bertz CT molecular complexity index is 407. The van der Waals surface area contributed by atoms with E-state index in [1.165, 1.54) is 19.4 Å². The summed E-state index contributed by atoms with van der Waals surface area (Å²) in [6, 6.07) is 0.623. The van der Waals surface area contributed by atoms with Gasteiger partial charge in [-0.3, -0.25) is 9.58 Å².